The van der Waals surface area contributed by atoms with Gasteiger partial charge in [0.1, 0.15) is 17.3 Å². The van der Waals surface area contributed by atoms with Crippen molar-refractivity contribution in [2.75, 3.05) is 5.75 Å². The standard InChI is InChI=1S/C19H16FN3O3S/c20-15-4-2-1-3-13(15)18-21-22-19(23(18)11-5-6-11)27-10-17(26)14-8-7-12(24)9-16(14)25/h1-4,7-9,11,24-25H,5-6,10H2. The molecule has 4 rings (SSSR count). The number of hydrogen-bond acceptors (Lipinski definition) is 6. The second-order valence-electron chi connectivity index (χ2n) is 6.30. The number of hydrogen-bond donors (Lipinski definition) is 2. The van der Waals surface area contributed by atoms with Crippen LogP contribution < -0.4 is 0 Å². The lowest BCUT2D eigenvalue weighted by Gasteiger charge is -2.09. The monoisotopic (exact) mass is 385 g/mol. The van der Waals surface area contributed by atoms with Crippen molar-refractivity contribution in [3.05, 3.63) is 53.8 Å². The van der Waals surface area contributed by atoms with Crippen molar-refractivity contribution in [2.45, 2.75) is 24.0 Å². The van der Waals surface area contributed by atoms with Gasteiger partial charge in [-0.05, 0) is 37.1 Å². The van der Waals surface area contributed by atoms with Crippen molar-refractivity contribution in [3.63, 3.8) is 0 Å². The Morgan fingerprint density at radius 2 is 1.96 bits per heavy atom. The first kappa shape index (κ1) is 17.5. The van der Waals surface area contributed by atoms with Gasteiger partial charge in [0.2, 0.25) is 0 Å². The Labute approximate surface area is 158 Å². The van der Waals surface area contributed by atoms with Crippen LogP contribution in [0.15, 0.2) is 47.6 Å². The molecule has 0 bridgehead atoms. The summed E-state index contributed by atoms with van der Waals surface area (Å²) < 4.78 is 16.1. The van der Waals surface area contributed by atoms with Crippen LogP contribution in [0, 0.1) is 5.82 Å². The average Bonchev–Trinajstić information content (AvgIpc) is 3.40. The summed E-state index contributed by atoms with van der Waals surface area (Å²) in [5.41, 5.74) is 0.512. The first-order valence-corrected chi connectivity index (χ1v) is 9.41. The molecule has 3 aromatic rings. The molecule has 1 saturated carbocycles. The van der Waals surface area contributed by atoms with Crippen LogP contribution >= 0.6 is 11.8 Å². The van der Waals surface area contributed by atoms with Crippen LogP contribution in [0.25, 0.3) is 11.4 Å². The van der Waals surface area contributed by atoms with Gasteiger partial charge in [0.25, 0.3) is 0 Å². The quantitative estimate of drug-likeness (QED) is 0.496. The maximum Gasteiger partial charge on any atom is 0.192 e. The Kier molecular flexibility index (Phi) is 4.57. The van der Waals surface area contributed by atoms with E-state index in [9.17, 15) is 19.4 Å². The number of phenols is 2. The minimum Gasteiger partial charge on any atom is -0.508 e. The van der Waals surface area contributed by atoms with Gasteiger partial charge in [-0.25, -0.2) is 4.39 Å². The third kappa shape index (κ3) is 3.52. The van der Waals surface area contributed by atoms with Crippen LogP contribution in [0.1, 0.15) is 29.2 Å². The van der Waals surface area contributed by atoms with E-state index in [1.807, 2.05) is 4.57 Å². The molecule has 0 radical (unpaired) electrons. The summed E-state index contributed by atoms with van der Waals surface area (Å²) >= 11 is 1.20. The molecule has 1 aliphatic carbocycles. The number of carbonyl (C=O) groups excluding carboxylic acids is 1. The maximum absolute atomic E-state index is 14.2. The minimum absolute atomic E-state index is 0.0421. The third-order valence-electron chi connectivity index (χ3n) is 4.31. The van der Waals surface area contributed by atoms with Gasteiger partial charge in [-0.2, -0.15) is 0 Å². The molecular weight excluding hydrogens is 369 g/mol. The summed E-state index contributed by atoms with van der Waals surface area (Å²) in [4.78, 5) is 12.4. The van der Waals surface area contributed by atoms with Crippen LogP contribution in [0.2, 0.25) is 0 Å². The molecule has 0 aliphatic heterocycles. The van der Waals surface area contributed by atoms with Crippen LogP contribution in [-0.2, 0) is 0 Å². The summed E-state index contributed by atoms with van der Waals surface area (Å²) in [6.07, 6.45) is 1.92. The van der Waals surface area contributed by atoms with Gasteiger partial charge in [0, 0.05) is 12.1 Å². The van der Waals surface area contributed by atoms with Gasteiger partial charge in [-0.1, -0.05) is 23.9 Å². The van der Waals surface area contributed by atoms with Crippen LogP contribution in [0.4, 0.5) is 4.39 Å². The highest BCUT2D eigenvalue weighted by atomic mass is 32.2. The van der Waals surface area contributed by atoms with E-state index < -0.39 is 0 Å². The second-order valence-corrected chi connectivity index (χ2v) is 7.24. The smallest absolute Gasteiger partial charge is 0.192 e. The van der Waals surface area contributed by atoms with E-state index in [2.05, 4.69) is 10.2 Å². The zero-order chi connectivity index (χ0) is 19.0. The molecule has 8 heteroatoms. The lowest BCUT2D eigenvalue weighted by atomic mass is 10.1. The molecule has 0 unspecified atom stereocenters. The van der Waals surface area contributed by atoms with Crippen LogP contribution in [-0.4, -0.2) is 36.5 Å². The lowest BCUT2D eigenvalue weighted by molar-refractivity contribution is 0.102. The molecule has 2 N–H and O–H groups in total. The van der Waals surface area contributed by atoms with Crippen LogP contribution in [0.3, 0.4) is 0 Å². The molecule has 0 spiro atoms. The molecule has 1 aromatic heterocycles. The topological polar surface area (TPSA) is 88.2 Å². The number of Topliss-reactive ketones (excluding diaryl/α,β-unsaturated/α-hetero) is 1. The molecule has 6 nitrogen and oxygen atoms in total. The Balaban J connectivity index is 1.58. The van der Waals surface area contributed by atoms with E-state index in [4.69, 9.17) is 0 Å². The molecule has 2 aromatic carbocycles. The van der Waals surface area contributed by atoms with E-state index >= 15 is 0 Å². The summed E-state index contributed by atoms with van der Waals surface area (Å²) in [6, 6.07) is 10.5. The molecular formula is C19H16FN3O3S. The summed E-state index contributed by atoms with van der Waals surface area (Å²) in [5.74, 6) is -0.543. The number of ketones is 1. The molecule has 138 valence electrons. The first-order chi connectivity index (χ1) is 13.0. The van der Waals surface area contributed by atoms with Crippen molar-refractivity contribution < 1.29 is 19.4 Å². The minimum atomic E-state index is -0.367. The number of halogens is 1. The van der Waals surface area contributed by atoms with Gasteiger partial charge in [0.15, 0.2) is 16.8 Å². The van der Waals surface area contributed by atoms with Gasteiger partial charge in [-0.3, -0.25) is 9.36 Å². The van der Waals surface area contributed by atoms with E-state index in [1.165, 1.54) is 30.0 Å². The van der Waals surface area contributed by atoms with E-state index in [1.54, 1.807) is 18.2 Å². The van der Waals surface area contributed by atoms with Crippen molar-refractivity contribution >= 4 is 17.5 Å². The number of thioether (sulfide) groups is 1. The van der Waals surface area contributed by atoms with Crippen molar-refractivity contribution in [1.82, 2.24) is 14.8 Å². The van der Waals surface area contributed by atoms with E-state index in [0.717, 1.165) is 18.9 Å². The van der Waals surface area contributed by atoms with Crippen LogP contribution in [0.5, 0.6) is 11.5 Å². The molecule has 1 fully saturated rings. The third-order valence-corrected chi connectivity index (χ3v) is 5.25. The average molecular weight is 385 g/mol. The number of benzene rings is 2. The zero-order valence-corrected chi connectivity index (χ0v) is 15.0. The maximum atomic E-state index is 14.2. The molecule has 0 saturated heterocycles. The van der Waals surface area contributed by atoms with Gasteiger partial charge < -0.3 is 10.2 Å². The van der Waals surface area contributed by atoms with Crippen molar-refractivity contribution in [2.24, 2.45) is 0 Å². The molecule has 0 amide bonds. The van der Waals surface area contributed by atoms with Crippen molar-refractivity contribution in [1.29, 1.82) is 0 Å². The highest BCUT2D eigenvalue weighted by Crippen LogP contribution is 2.41. The van der Waals surface area contributed by atoms with Gasteiger partial charge in [-0.15, -0.1) is 10.2 Å². The van der Waals surface area contributed by atoms with Gasteiger partial charge >= 0.3 is 0 Å². The highest BCUT2D eigenvalue weighted by molar-refractivity contribution is 7.99. The molecule has 0 atom stereocenters. The van der Waals surface area contributed by atoms with Crippen molar-refractivity contribution in [3.8, 4) is 22.9 Å². The second kappa shape index (κ2) is 7.03. The number of aromatic hydroxyl groups is 2. The summed E-state index contributed by atoms with van der Waals surface area (Å²) in [6.45, 7) is 0. The zero-order valence-electron chi connectivity index (χ0n) is 14.2. The predicted octanol–water partition coefficient (Wildman–Crippen LogP) is 3.81. The summed E-state index contributed by atoms with van der Waals surface area (Å²) in [5, 5.41) is 28.0. The SMILES string of the molecule is O=C(CSc1nnc(-c2ccccc2F)n1C1CC1)c1ccc(O)cc1O. The van der Waals surface area contributed by atoms with Gasteiger partial charge in [0.05, 0.1) is 16.9 Å². The number of phenolic OH excluding ortho intramolecular Hbond substituents is 2. The fourth-order valence-corrected chi connectivity index (χ4v) is 3.72. The Hall–Kier alpha value is -2.87. The molecule has 1 aliphatic rings. The fraction of sp³-hybridized carbons (Fsp3) is 0.211. The Bertz CT molecular complexity index is 1020. The highest BCUT2D eigenvalue weighted by Gasteiger charge is 2.31. The molecule has 27 heavy (non-hydrogen) atoms. The Morgan fingerprint density at radius 1 is 1.19 bits per heavy atom. The number of rotatable bonds is 6. The van der Waals surface area contributed by atoms with E-state index in [-0.39, 0.29) is 40.5 Å². The number of carbonyl (C=O) groups is 1. The predicted molar refractivity (Wildman–Crippen MR) is 98.5 cm³/mol. The van der Waals surface area contributed by atoms with E-state index in [0.29, 0.717) is 16.5 Å². The number of nitrogens with zero attached hydrogens (tertiary/aromatic N) is 3. The number of aromatic nitrogens is 3. The summed E-state index contributed by atoms with van der Waals surface area (Å²) in [7, 11) is 0. The molecule has 1 heterocycles. The lowest BCUT2D eigenvalue weighted by Crippen LogP contribution is -2.05. The largest absolute Gasteiger partial charge is 0.508 e. The normalized spacial score (nSPS) is 13.7. The Morgan fingerprint density at radius 3 is 2.67 bits per heavy atom. The fourth-order valence-electron chi connectivity index (χ4n) is 2.83. The first-order valence-electron chi connectivity index (χ1n) is 8.42.